The van der Waals surface area contributed by atoms with Crippen LogP contribution in [-0.4, -0.2) is 43.7 Å². The normalized spacial score (nSPS) is 11.1. The van der Waals surface area contributed by atoms with Gasteiger partial charge in [-0.1, -0.05) is 11.6 Å². The maximum Gasteiger partial charge on any atom is 0.238 e. The third kappa shape index (κ3) is 6.23. The van der Waals surface area contributed by atoms with Gasteiger partial charge in [0.1, 0.15) is 0 Å². The van der Waals surface area contributed by atoms with Gasteiger partial charge in [0.15, 0.2) is 0 Å². The number of amides is 1. The van der Waals surface area contributed by atoms with Crippen molar-refractivity contribution >= 4 is 28.9 Å². The molecule has 1 aromatic carbocycles. The standard InChI is InChI=1S/C14H22ClN3O2/c1-10(2)20-7-6-18(3)9-14(19)17-13-8-11(16)4-5-12(13)15/h4-5,8,10H,6-7,9,16H2,1-3H3,(H,17,19). The molecule has 112 valence electrons. The van der Waals surface area contributed by atoms with Crippen LogP contribution >= 0.6 is 11.6 Å². The van der Waals surface area contributed by atoms with E-state index in [1.165, 1.54) is 0 Å². The number of nitrogen functional groups attached to an aromatic ring is 1. The van der Waals surface area contributed by atoms with Gasteiger partial charge in [-0.3, -0.25) is 9.69 Å². The van der Waals surface area contributed by atoms with E-state index in [1.807, 2.05) is 25.8 Å². The smallest absolute Gasteiger partial charge is 0.238 e. The number of benzene rings is 1. The third-order valence-electron chi connectivity index (χ3n) is 2.60. The lowest BCUT2D eigenvalue weighted by Gasteiger charge is -2.17. The van der Waals surface area contributed by atoms with Crippen molar-refractivity contribution in [3.8, 4) is 0 Å². The average molecular weight is 300 g/mol. The molecule has 20 heavy (non-hydrogen) atoms. The molecule has 0 fully saturated rings. The number of halogens is 1. The summed E-state index contributed by atoms with van der Waals surface area (Å²) < 4.78 is 5.44. The highest BCUT2D eigenvalue weighted by Crippen LogP contribution is 2.23. The number of nitrogens with one attached hydrogen (secondary N) is 1. The third-order valence-corrected chi connectivity index (χ3v) is 2.93. The van der Waals surface area contributed by atoms with E-state index in [2.05, 4.69) is 5.32 Å². The Morgan fingerprint density at radius 3 is 2.85 bits per heavy atom. The van der Waals surface area contributed by atoms with Crippen molar-refractivity contribution in [1.82, 2.24) is 4.90 Å². The lowest BCUT2D eigenvalue weighted by Crippen LogP contribution is -2.33. The SMILES string of the molecule is CC(C)OCCN(C)CC(=O)Nc1cc(N)ccc1Cl. The van der Waals surface area contributed by atoms with Gasteiger partial charge in [-0.15, -0.1) is 0 Å². The van der Waals surface area contributed by atoms with Crippen molar-refractivity contribution in [2.24, 2.45) is 0 Å². The van der Waals surface area contributed by atoms with Gasteiger partial charge in [-0.05, 0) is 39.1 Å². The number of hydrogen-bond donors (Lipinski definition) is 2. The molecule has 0 aliphatic heterocycles. The molecule has 0 aliphatic rings. The zero-order valence-corrected chi connectivity index (χ0v) is 12.9. The summed E-state index contributed by atoms with van der Waals surface area (Å²) in [5.74, 6) is -0.135. The summed E-state index contributed by atoms with van der Waals surface area (Å²) in [5, 5.41) is 3.22. The van der Waals surface area contributed by atoms with Crippen LogP contribution in [0.2, 0.25) is 5.02 Å². The van der Waals surface area contributed by atoms with E-state index in [-0.39, 0.29) is 18.6 Å². The summed E-state index contributed by atoms with van der Waals surface area (Å²) >= 11 is 5.99. The fourth-order valence-electron chi connectivity index (χ4n) is 1.60. The number of hydrogen-bond acceptors (Lipinski definition) is 4. The van der Waals surface area contributed by atoms with Gasteiger partial charge in [-0.25, -0.2) is 0 Å². The summed E-state index contributed by atoms with van der Waals surface area (Å²) in [7, 11) is 1.87. The molecule has 0 aliphatic carbocycles. The molecule has 6 heteroatoms. The number of carbonyl (C=O) groups is 1. The first-order valence-corrected chi connectivity index (χ1v) is 6.91. The maximum absolute atomic E-state index is 11.9. The molecule has 0 atom stereocenters. The van der Waals surface area contributed by atoms with Crippen molar-refractivity contribution in [1.29, 1.82) is 0 Å². The van der Waals surface area contributed by atoms with E-state index >= 15 is 0 Å². The molecular formula is C14H22ClN3O2. The van der Waals surface area contributed by atoms with Crippen LogP contribution < -0.4 is 11.1 Å². The zero-order valence-electron chi connectivity index (χ0n) is 12.1. The molecule has 3 N–H and O–H groups in total. The lowest BCUT2D eigenvalue weighted by atomic mass is 10.3. The molecular weight excluding hydrogens is 278 g/mol. The highest BCUT2D eigenvalue weighted by molar-refractivity contribution is 6.33. The summed E-state index contributed by atoms with van der Waals surface area (Å²) in [6.45, 7) is 5.52. The average Bonchev–Trinajstić information content (AvgIpc) is 2.33. The first-order chi connectivity index (χ1) is 9.38. The first-order valence-electron chi connectivity index (χ1n) is 6.53. The van der Waals surface area contributed by atoms with E-state index < -0.39 is 0 Å². The summed E-state index contributed by atoms with van der Waals surface area (Å²) in [4.78, 5) is 13.8. The highest BCUT2D eigenvalue weighted by atomic mass is 35.5. The van der Waals surface area contributed by atoms with E-state index in [1.54, 1.807) is 18.2 Å². The molecule has 0 saturated carbocycles. The number of nitrogens with zero attached hydrogens (tertiary/aromatic N) is 1. The number of likely N-dealkylation sites (N-methyl/N-ethyl adjacent to an activating group) is 1. The summed E-state index contributed by atoms with van der Waals surface area (Å²) in [6.07, 6.45) is 0.198. The highest BCUT2D eigenvalue weighted by Gasteiger charge is 2.09. The predicted octanol–water partition coefficient (Wildman–Crippen LogP) is 2.22. The van der Waals surface area contributed by atoms with E-state index in [4.69, 9.17) is 22.1 Å². The van der Waals surface area contributed by atoms with Crippen molar-refractivity contribution < 1.29 is 9.53 Å². The number of rotatable bonds is 7. The molecule has 0 radical (unpaired) electrons. The van der Waals surface area contributed by atoms with Gasteiger partial charge in [0.25, 0.3) is 0 Å². The largest absolute Gasteiger partial charge is 0.399 e. The van der Waals surface area contributed by atoms with Crippen LogP contribution in [0.3, 0.4) is 0 Å². The molecule has 0 spiro atoms. The fourth-order valence-corrected chi connectivity index (χ4v) is 1.76. The van der Waals surface area contributed by atoms with Crippen LogP contribution in [0.4, 0.5) is 11.4 Å². The number of nitrogens with two attached hydrogens (primary N) is 1. The van der Waals surface area contributed by atoms with Crippen LogP contribution in [0.25, 0.3) is 0 Å². The Labute approximate surface area is 125 Å². The molecule has 0 saturated heterocycles. The zero-order chi connectivity index (χ0) is 15.1. The van der Waals surface area contributed by atoms with Crippen LogP contribution in [0.5, 0.6) is 0 Å². The molecule has 1 amide bonds. The lowest BCUT2D eigenvalue weighted by molar-refractivity contribution is -0.117. The second-order valence-electron chi connectivity index (χ2n) is 4.94. The second-order valence-corrected chi connectivity index (χ2v) is 5.35. The van der Waals surface area contributed by atoms with Crippen LogP contribution in [0.15, 0.2) is 18.2 Å². The van der Waals surface area contributed by atoms with E-state index in [0.717, 1.165) is 0 Å². The molecule has 0 heterocycles. The van der Waals surface area contributed by atoms with Gasteiger partial charge in [0.05, 0.1) is 30.0 Å². The Morgan fingerprint density at radius 1 is 1.50 bits per heavy atom. The topological polar surface area (TPSA) is 67.6 Å². The Hall–Kier alpha value is -1.30. The molecule has 0 aromatic heterocycles. The minimum absolute atomic E-state index is 0.135. The Bertz CT molecular complexity index is 452. The first kappa shape index (κ1) is 16.8. The molecule has 0 bridgehead atoms. The number of ether oxygens (including phenoxy) is 1. The minimum Gasteiger partial charge on any atom is -0.399 e. The molecule has 1 aromatic rings. The van der Waals surface area contributed by atoms with E-state index in [0.29, 0.717) is 29.5 Å². The van der Waals surface area contributed by atoms with Crippen LogP contribution in [0, 0.1) is 0 Å². The van der Waals surface area contributed by atoms with Crippen molar-refractivity contribution in [2.45, 2.75) is 20.0 Å². The predicted molar refractivity (Wildman–Crippen MR) is 83.1 cm³/mol. The van der Waals surface area contributed by atoms with Crippen LogP contribution in [0.1, 0.15) is 13.8 Å². The Kier molecular flexibility index (Phi) is 6.78. The molecule has 1 rings (SSSR count). The van der Waals surface area contributed by atoms with Gasteiger partial charge in [0.2, 0.25) is 5.91 Å². The number of carbonyl (C=O) groups excluding carboxylic acids is 1. The van der Waals surface area contributed by atoms with E-state index in [9.17, 15) is 4.79 Å². The molecule has 5 nitrogen and oxygen atoms in total. The fraction of sp³-hybridized carbons (Fsp3) is 0.500. The Morgan fingerprint density at radius 2 is 2.20 bits per heavy atom. The number of anilines is 2. The van der Waals surface area contributed by atoms with Crippen molar-refractivity contribution in [3.63, 3.8) is 0 Å². The second kappa shape index (κ2) is 8.09. The maximum atomic E-state index is 11.9. The van der Waals surface area contributed by atoms with Crippen LogP contribution in [-0.2, 0) is 9.53 Å². The van der Waals surface area contributed by atoms with Gasteiger partial charge in [0, 0.05) is 12.2 Å². The van der Waals surface area contributed by atoms with Gasteiger partial charge < -0.3 is 15.8 Å². The van der Waals surface area contributed by atoms with Gasteiger partial charge >= 0.3 is 0 Å². The summed E-state index contributed by atoms with van der Waals surface area (Å²) in [6, 6.07) is 4.99. The minimum atomic E-state index is -0.135. The monoisotopic (exact) mass is 299 g/mol. The van der Waals surface area contributed by atoms with Crippen molar-refractivity contribution in [3.05, 3.63) is 23.2 Å². The Balaban J connectivity index is 2.41. The molecule has 0 unspecified atom stereocenters. The van der Waals surface area contributed by atoms with Gasteiger partial charge in [-0.2, -0.15) is 0 Å². The van der Waals surface area contributed by atoms with Crippen molar-refractivity contribution in [2.75, 3.05) is 37.8 Å². The summed E-state index contributed by atoms with van der Waals surface area (Å²) in [5.41, 5.74) is 6.75. The quantitative estimate of drug-likeness (QED) is 0.758.